The van der Waals surface area contributed by atoms with Gasteiger partial charge in [0.05, 0.1) is 30.2 Å². The van der Waals surface area contributed by atoms with Gasteiger partial charge in [-0.15, -0.1) is 0 Å². The topological polar surface area (TPSA) is 121 Å². The van der Waals surface area contributed by atoms with Crippen LogP contribution >= 0.6 is 0 Å². The maximum Gasteiger partial charge on any atom is 0.315 e. The molecule has 11 nitrogen and oxygen atoms in total. The number of aromatic nitrogens is 3. The number of fused-ring (bicyclic) bond motifs is 1. The van der Waals surface area contributed by atoms with E-state index in [1.54, 1.807) is 12.4 Å². The maximum atomic E-state index is 12.9. The number of morpholine rings is 1. The molecule has 2 aliphatic heterocycles. The molecule has 0 aliphatic carbocycles. The summed E-state index contributed by atoms with van der Waals surface area (Å²) < 4.78 is 56.5. The lowest BCUT2D eigenvalue weighted by Gasteiger charge is -2.34. The van der Waals surface area contributed by atoms with Gasteiger partial charge in [-0.05, 0) is 18.2 Å². The van der Waals surface area contributed by atoms with E-state index in [9.17, 15) is 22.0 Å². The van der Waals surface area contributed by atoms with Gasteiger partial charge in [0.1, 0.15) is 5.52 Å². The summed E-state index contributed by atoms with van der Waals surface area (Å²) in [7, 11) is -3.19. The minimum atomic E-state index is -3.19. The Balaban J connectivity index is 1.31. The Kier molecular flexibility index (Phi) is 7.86. The summed E-state index contributed by atoms with van der Waals surface area (Å²) in [5, 5.41) is 3.21. The van der Waals surface area contributed by atoms with Gasteiger partial charge in [0.25, 0.3) is 5.91 Å². The van der Waals surface area contributed by atoms with Gasteiger partial charge in [0.15, 0.2) is 5.82 Å². The second-order valence-electron chi connectivity index (χ2n) is 9.43. The van der Waals surface area contributed by atoms with E-state index in [1.807, 2.05) is 30.3 Å². The number of halogens is 2. The van der Waals surface area contributed by atoms with E-state index in [1.165, 1.54) is 10.6 Å². The number of rotatable bonds is 7. The van der Waals surface area contributed by atoms with Gasteiger partial charge in [0, 0.05) is 69.5 Å². The highest BCUT2D eigenvalue weighted by atomic mass is 32.2. The lowest BCUT2D eigenvalue weighted by Crippen LogP contribution is -2.49. The molecular weight excluding hydrogens is 532 g/mol. The van der Waals surface area contributed by atoms with Crippen LogP contribution < -0.4 is 10.2 Å². The minimum Gasteiger partial charge on any atom is -0.373 e. The van der Waals surface area contributed by atoms with Crippen molar-refractivity contribution in [2.24, 2.45) is 0 Å². The molecule has 2 fully saturated rings. The Bertz CT molecular complexity index is 1430. The normalized spacial score (nSPS) is 19.0. The number of carbonyl (C=O) groups is 1. The fraction of sp³-hybridized carbons (Fsp3) is 0.440. The van der Waals surface area contributed by atoms with Gasteiger partial charge in [-0.25, -0.2) is 18.4 Å². The Labute approximate surface area is 224 Å². The van der Waals surface area contributed by atoms with Gasteiger partial charge < -0.3 is 19.9 Å². The molecule has 5 rings (SSSR count). The summed E-state index contributed by atoms with van der Waals surface area (Å²) >= 11 is 0. The van der Waals surface area contributed by atoms with Crippen LogP contribution in [0.4, 0.5) is 20.3 Å². The van der Waals surface area contributed by atoms with Crippen LogP contribution in [0, 0.1) is 0 Å². The first-order chi connectivity index (χ1) is 18.7. The summed E-state index contributed by atoms with van der Waals surface area (Å²) in [5.74, 6) is -0.724. The van der Waals surface area contributed by atoms with Crippen LogP contribution in [0.2, 0.25) is 0 Å². The number of pyridine rings is 1. The average molecular weight is 562 g/mol. The molecule has 1 atom stereocenters. The number of piperazine rings is 1. The summed E-state index contributed by atoms with van der Waals surface area (Å²) in [6.07, 6.45) is 0.853. The third-order valence-electron chi connectivity index (χ3n) is 6.83. The fourth-order valence-electron chi connectivity index (χ4n) is 4.76. The number of benzene rings is 1. The standard InChI is InChI=1S/C25H29F2N7O4S/c1-39(36,37)34-10-8-32(9-11-34)18-4-2-17(3-5-18)20-14-21-22(29-7-6-28-21)24(31-20)30-15-19-16-33(12-13-38-19)25(35)23(26)27/h2-7,14,19,23H,8-13,15-16H2,1H3,(H,30,31). The first-order valence-electron chi connectivity index (χ1n) is 12.5. The number of ether oxygens (including phenoxy) is 1. The number of anilines is 2. The van der Waals surface area contributed by atoms with Crippen molar-refractivity contribution in [3.8, 4) is 11.3 Å². The monoisotopic (exact) mass is 561 g/mol. The van der Waals surface area contributed by atoms with Crippen molar-refractivity contribution in [3.05, 3.63) is 42.7 Å². The number of alkyl halides is 2. The summed E-state index contributed by atoms with van der Waals surface area (Å²) in [6, 6.07) is 9.69. The highest BCUT2D eigenvalue weighted by Crippen LogP contribution is 2.28. The van der Waals surface area contributed by atoms with Crippen LogP contribution in [0.1, 0.15) is 0 Å². The molecule has 14 heteroatoms. The molecule has 4 heterocycles. The predicted octanol–water partition coefficient (Wildman–Crippen LogP) is 1.68. The molecule has 2 aromatic heterocycles. The third-order valence-corrected chi connectivity index (χ3v) is 8.13. The van der Waals surface area contributed by atoms with Crippen molar-refractivity contribution in [3.63, 3.8) is 0 Å². The smallest absolute Gasteiger partial charge is 0.315 e. The Morgan fingerprint density at radius 2 is 1.82 bits per heavy atom. The van der Waals surface area contributed by atoms with Crippen LogP contribution in [-0.2, 0) is 19.6 Å². The van der Waals surface area contributed by atoms with Crippen molar-refractivity contribution in [2.45, 2.75) is 12.5 Å². The van der Waals surface area contributed by atoms with Crippen LogP contribution in [-0.4, -0.2) is 110 Å². The van der Waals surface area contributed by atoms with Gasteiger partial charge in [0.2, 0.25) is 10.0 Å². The first-order valence-corrected chi connectivity index (χ1v) is 14.4. The summed E-state index contributed by atoms with van der Waals surface area (Å²) in [6.45, 7) is 2.70. The number of nitrogens with zero attached hydrogens (tertiary/aromatic N) is 6. The minimum absolute atomic E-state index is 0.0549. The van der Waals surface area contributed by atoms with Crippen LogP contribution in [0.3, 0.4) is 0 Å². The van der Waals surface area contributed by atoms with E-state index in [-0.39, 0.29) is 26.2 Å². The van der Waals surface area contributed by atoms with E-state index in [0.29, 0.717) is 48.7 Å². The second kappa shape index (κ2) is 11.3. The zero-order chi connectivity index (χ0) is 27.6. The number of hydrogen-bond donors (Lipinski definition) is 1. The van der Waals surface area contributed by atoms with Crippen molar-refractivity contribution < 1.29 is 26.7 Å². The lowest BCUT2D eigenvalue weighted by molar-refractivity contribution is -0.149. The van der Waals surface area contributed by atoms with Crippen molar-refractivity contribution in [2.75, 3.05) is 68.9 Å². The molecule has 0 bridgehead atoms. The molecule has 1 N–H and O–H groups in total. The van der Waals surface area contributed by atoms with E-state index in [2.05, 4.69) is 20.2 Å². The van der Waals surface area contributed by atoms with Crippen molar-refractivity contribution in [1.82, 2.24) is 24.2 Å². The molecule has 2 aliphatic rings. The van der Waals surface area contributed by atoms with Gasteiger partial charge in [-0.2, -0.15) is 13.1 Å². The number of nitrogens with one attached hydrogen (secondary N) is 1. The van der Waals surface area contributed by atoms with Crippen LogP contribution in [0.15, 0.2) is 42.7 Å². The van der Waals surface area contributed by atoms with E-state index >= 15 is 0 Å². The molecule has 39 heavy (non-hydrogen) atoms. The number of sulfonamides is 1. The molecule has 3 aromatic rings. The van der Waals surface area contributed by atoms with Crippen molar-refractivity contribution >= 4 is 38.5 Å². The molecule has 1 unspecified atom stereocenters. The first kappa shape index (κ1) is 27.1. The van der Waals surface area contributed by atoms with Crippen molar-refractivity contribution in [1.29, 1.82) is 0 Å². The van der Waals surface area contributed by atoms with E-state index in [0.717, 1.165) is 16.2 Å². The third kappa shape index (κ3) is 6.23. The van der Waals surface area contributed by atoms with Crippen LogP contribution in [0.25, 0.3) is 22.3 Å². The summed E-state index contributed by atoms with van der Waals surface area (Å²) in [4.78, 5) is 28.6. The Morgan fingerprint density at radius 3 is 2.51 bits per heavy atom. The molecule has 0 radical (unpaired) electrons. The van der Waals surface area contributed by atoms with Gasteiger partial charge in [-0.1, -0.05) is 12.1 Å². The number of amides is 1. The molecule has 0 spiro atoms. The second-order valence-corrected chi connectivity index (χ2v) is 11.4. The SMILES string of the molecule is CS(=O)(=O)N1CCN(c2ccc(-c3cc4nccnc4c(NCC4CN(C(=O)C(F)F)CCO4)n3)cc2)CC1. The Hall–Kier alpha value is -3.49. The molecule has 208 valence electrons. The molecule has 2 saturated heterocycles. The highest BCUT2D eigenvalue weighted by Gasteiger charge is 2.29. The summed E-state index contributed by atoms with van der Waals surface area (Å²) in [5.41, 5.74) is 3.69. The van der Waals surface area contributed by atoms with Crippen LogP contribution in [0.5, 0.6) is 0 Å². The lowest BCUT2D eigenvalue weighted by atomic mass is 10.1. The van der Waals surface area contributed by atoms with E-state index < -0.39 is 28.5 Å². The molecule has 1 amide bonds. The number of carbonyl (C=O) groups excluding carboxylic acids is 1. The van der Waals surface area contributed by atoms with E-state index in [4.69, 9.17) is 9.72 Å². The largest absolute Gasteiger partial charge is 0.373 e. The zero-order valence-corrected chi connectivity index (χ0v) is 22.1. The van der Waals surface area contributed by atoms with Gasteiger partial charge >= 0.3 is 6.43 Å². The quantitative estimate of drug-likeness (QED) is 0.459. The van der Waals surface area contributed by atoms with Gasteiger partial charge in [-0.3, -0.25) is 9.78 Å². The average Bonchev–Trinajstić information content (AvgIpc) is 2.95. The molecule has 1 aromatic carbocycles. The number of hydrogen-bond acceptors (Lipinski definition) is 9. The fourth-order valence-corrected chi connectivity index (χ4v) is 5.58. The molecular formula is C25H29F2N7O4S. The zero-order valence-electron chi connectivity index (χ0n) is 21.3. The highest BCUT2D eigenvalue weighted by molar-refractivity contribution is 7.88. The maximum absolute atomic E-state index is 12.9. The Morgan fingerprint density at radius 1 is 1.10 bits per heavy atom. The predicted molar refractivity (Wildman–Crippen MR) is 142 cm³/mol. The molecule has 0 saturated carbocycles.